The molecule has 0 atom stereocenters. The molecule has 2 rings (SSSR count). The monoisotopic (exact) mass is 520 g/mol. The van der Waals surface area contributed by atoms with Gasteiger partial charge in [-0.2, -0.15) is 8.42 Å². The van der Waals surface area contributed by atoms with Crippen LogP contribution in [0.25, 0.3) is 0 Å². The van der Waals surface area contributed by atoms with Gasteiger partial charge in [0.25, 0.3) is 10.1 Å². The maximum absolute atomic E-state index is 11.8. The van der Waals surface area contributed by atoms with Gasteiger partial charge < -0.3 is 9.29 Å². The maximum Gasteiger partial charge on any atom is 1.00 e. The zero-order valence-electron chi connectivity index (χ0n) is 20.0. The first-order valence-corrected chi connectivity index (χ1v) is 14.3. The van der Waals surface area contributed by atoms with Gasteiger partial charge >= 0.3 is 29.6 Å². The number of benzene rings is 2. The minimum atomic E-state index is -4.86. The Hall–Kier alpha value is -0.940. The van der Waals surface area contributed by atoms with Gasteiger partial charge in [0.05, 0.1) is 4.90 Å². The molecule has 34 heavy (non-hydrogen) atoms. The van der Waals surface area contributed by atoms with Crippen molar-refractivity contribution in [1.29, 1.82) is 0 Å². The maximum atomic E-state index is 11.8. The van der Waals surface area contributed by atoms with E-state index in [1.54, 1.807) is 6.07 Å². The Bertz CT molecular complexity index is 1100. The topological polar surface area (TPSA) is 121 Å². The van der Waals surface area contributed by atoms with Gasteiger partial charge in [-0.05, 0) is 36.6 Å². The summed E-state index contributed by atoms with van der Waals surface area (Å²) in [6, 6.07) is 9.58. The summed E-state index contributed by atoms with van der Waals surface area (Å²) in [6.07, 6.45) is 11.9. The molecule has 0 bridgehead atoms. The first kappa shape index (κ1) is 31.1. The van der Waals surface area contributed by atoms with E-state index < -0.39 is 30.0 Å². The Balaban J connectivity index is 0.00000578. The Labute approximate surface area is 226 Å². The normalized spacial score (nSPS) is 11.7. The molecule has 0 fully saturated rings. The van der Waals surface area contributed by atoms with Crippen LogP contribution in [-0.2, 0) is 26.7 Å². The molecule has 1 N–H and O–H groups in total. The third-order valence-corrected chi connectivity index (χ3v) is 7.22. The molecule has 0 radical (unpaired) electrons. The van der Waals surface area contributed by atoms with Crippen molar-refractivity contribution in [3.8, 4) is 11.5 Å². The summed E-state index contributed by atoms with van der Waals surface area (Å²) in [6.45, 7) is 2.20. The van der Waals surface area contributed by atoms with E-state index in [0.29, 0.717) is 12.0 Å². The second-order valence-corrected chi connectivity index (χ2v) is 10.9. The quantitative estimate of drug-likeness (QED) is 0.218. The van der Waals surface area contributed by atoms with Crippen LogP contribution in [0.1, 0.15) is 76.7 Å². The van der Waals surface area contributed by atoms with E-state index in [0.717, 1.165) is 37.8 Å². The second-order valence-electron chi connectivity index (χ2n) is 8.15. The molecule has 0 aliphatic rings. The number of aryl methyl sites for hydroxylation is 1. The van der Waals surface area contributed by atoms with Crippen LogP contribution in [0.3, 0.4) is 0 Å². The standard InChI is InChI=1S/C24H34O7S2.Na/c1-2-3-4-5-6-7-8-9-10-11-15-20-16-14-19-23(33(28,29)30)24(20)31-21-17-12-13-18-22(21)32(25,26)27;/h12-14,16-19H,2-11,15H2,1H3,(H,25,26,27)(H,28,29,30);/q;+1/p-1. The molecule has 184 valence electrons. The van der Waals surface area contributed by atoms with Crippen LogP contribution < -0.4 is 34.3 Å². The van der Waals surface area contributed by atoms with Crippen LogP contribution in [0, 0.1) is 0 Å². The number of hydrogen-bond acceptors (Lipinski definition) is 6. The molecule has 0 spiro atoms. The van der Waals surface area contributed by atoms with Crippen molar-refractivity contribution in [2.24, 2.45) is 0 Å². The second kappa shape index (κ2) is 15.2. The molecule has 0 saturated carbocycles. The molecule has 0 heterocycles. The Morgan fingerprint density at radius 1 is 0.765 bits per heavy atom. The summed E-state index contributed by atoms with van der Waals surface area (Å²) in [5.41, 5.74) is 0.497. The van der Waals surface area contributed by atoms with E-state index in [1.807, 2.05) is 0 Å². The summed E-state index contributed by atoms with van der Waals surface area (Å²) in [5, 5.41) is 0. The molecule has 0 aliphatic heterocycles. The zero-order chi connectivity index (χ0) is 24.3. The van der Waals surface area contributed by atoms with Gasteiger partial charge in [-0.1, -0.05) is 89.0 Å². The molecule has 7 nitrogen and oxygen atoms in total. The molecular weight excluding hydrogens is 487 g/mol. The van der Waals surface area contributed by atoms with E-state index >= 15 is 0 Å². The molecular formula is C24H33NaO7S2. The summed E-state index contributed by atoms with van der Waals surface area (Å²) in [7, 11) is -9.47. The zero-order valence-corrected chi connectivity index (χ0v) is 23.7. The molecule has 0 amide bonds. The minimum absolute atomic E-state index is 0. The molecule has 0 aromatic heterocycles. The summed E-state index contributed by atoms with van der Waals surface area (Å²) in [5.74, 6) is -0.444. The van der Waals surface area contributed by atoms with Crippen LogP contribution in [0.15, 0.2) is 52.3 Å². The third kappa shape index (κ3) is 10.4. The first-order chi connectivity index (χ1) is 15.6. The number of ether oxygens (including phenoxy) is 1. The Morgan fingerprint density at radius 2 is 1.29 bits per heavy atom. The van der Waals surface area contributed by atoms with Crippen LogP contribution in [-0.4, -0.2) is 25.9 Å². The van der Waals surface area contributed by atoms with Gasteiger partial charge in [-0.3, -0.25) is 4.55 Å². The van der Waals surface area contributed by atoms with E-state index in [-0.39, 0.29) is 41.1 Å². The van der Waals surface area contributed by atoms with Gasteiger partial charge in [0.1, 0.15) is 26.5 Å². The average Bonchev–Trinajstić information content (AvgIpc) is 2.75. The summed E-state index contributed by atoms with van der Waals surface area (Å²) in [4.78, 5) is -1.06. The molecule has 2 aromatic carbocycles. The van der Waals surface area contributed by atoms with Crippen molar-refractivity contribution >= 4 is 20.2 Å². The Morgan fingerprint density at radius 3 is 1.85 bits per heavy atom. The van der Waals surface area contributed by atoms with Crippen LogP contribution >= 0.6 is 0 Å². The fraction of sp³-hybridized carbons (Fsp3) is 0.500. The average molecular weight is 521 g/mol. The molecule has 10 heteroatoms. The molecule has 0 aliphatic carbocycles. The van der Waals surface area contributed by atoms with Gasteiger partial charge in [0.15, 0.2) is 0 Å². The number of hydrogen-bond donors (Lipinski definition) is 1. The van der Waals surface area contributed by atoms with Crippen LogP contribution in [0.5, 0.6) is 11.5 Å². The predicted molar refractivity (Wildman–Crippen MR) is 126 cm³/mol. The van der Waals surface area contributed by atoms with Crippen LogP contribution in [0.4, 0.5) is 0 Å². The predicted octanol–water partition coefficient (Wildman–Crippen LogP) is 3.10. The molecule has 2 aromatic rings. The van der Waals surface area contributed by atoms with Crippen molar-refractivity contribution in [3.05, 3.63) is 48.0 Å². The van der Waals surface area contributed by atoms with Crippen molar-refractivity contribution in [2.45, 2.75) is 87.3 Å². The largest absolute Gasteiger partial charge is 1.00 e. The smallest absolute Gasteiger partial charge is 0.744 e. The van der Waals surface area contributed by atoms with Crippen molar-refractivity contribution < 1.29 is 60.2 Å². The Kier molecular flexibility index (Phi) is 13.9. The van der Waals surface area contributed by atoms with Gasteiger partial charge in [-0.15, -0.1) is 0 Å². The van der Waals surface area contributed by atoms with Crippen LogP contribution in [0.2, 0.25) is 0 Å². The van der Waals surface area contributed by atoms with E-state index in [2.05, 4.69) is 6.92 Å². The minimum Gasteiger partial charge on any atom is -0.744 e. The summed E-state index contributed by atoms with van der Waals surface area (Å²) >= 11 is 0. The van der Waals surface area contributed by atoms with Gasteiger partial charge in [0, 0.05) is 0 Å². The van der Waals surface area contributed by atoms with E-state index in [4.69, 9.17) is 4.74 Å². The third-order valence-electron chi connectivity index (χ3n) is 5.47. The number of rotatable bonds is 15. The molecule has 0 unspecified atom stereocenters. The first-order valence-electron chi connectivity index (χ1n) is 11.5. The summed E-state index contributed by atoms with van der Waals surface area (Å²) < 4.78 is 73.9. The van der Waals surface area contributed by atoms with Gasteiger partial charge in [-0.25, -0.2) is 8.42 Å². The van der Waals surface area contributed by atoms with Gasteiger partial charge in [0.2, 0.25) is 0 Å². The van der Waals surface area contributed by atoms with E-state index in [1.165, 1.54) is 62.8 Å². The van der Waals surface area contributed by atoms with E-state index in [9.17, 15) is 25.9 Å². The SMILES string of the molecule is CCCCCCCCCCCCc1cccc(S(=O)(=O)[O-])c1Oc1ccccc1S(=O)(=O)O.[Na+]. The van der Waals surface area contributed by atoms with Crippen molar-refractivity contribution in [1.82, 2.24) is 0 Å². The fourth-order valence-electron chi connectivity index (χ4n) is 3.73. The van der Waals surface area contributed by atoms with Crippen molar-refractivity contribution in [2.75, 3.05) is 0 Å². The number of para-hydroxylation sites is 2. The number of unbranched alkanes of at least 4 members (excludes halogenated alkanes) is 9. The van der Waals surface area contributed by atoms with Crippen molar-refractivity contribution in [3.63, 3.8) is 0 Å². The fourth-order valence-corrected chi connectivity index (χ4v) is 4.99. The molecule has 0 saturated heterocycles.